The van der Waals surface area contributed by atoms with E-state index >= 15 is 0 Å². The maximum Gasteiger partial charge on any atom is 0.478 e. The van der Waals surface area contributed by atoms with Crippen molar-refractivity contribution in [2.24, 2.45) is 0 Å². The fraction of sp³-hybridized carbons (Fsp3) is 0.0909. The Morgan fingerprint density at radius 2 is 1.78 bits per heavy atom. The lowest BCUT2D eigenvalue weighted by Crippen LogP contribution is -2.36. The Labute approximate surface area is 134 Å². The van der Waals surface area contributed by atoms with Crippen LogP contribution in [0.1, 0.15) is 5.69 Å². The first-order valence-electron chi connectivity index (χ1n) is 5.71. The standard InChI is InChI=1S/C11H6F3N3O4S2/c12-11(13,14)9-5-8(3-4-15(9)18)22-23-10-2-1-7(17(20)21)6-16(10)19/h1-6H. The Bertz CT molecular complexity index is 758. The van der Waals surface area contributed by atoms with Gasteiger partial charge in [-0.2, -0.15) is 22.6 Å². The Morgan fingerprint density at radius 3 is 2.35 bits per heavy atom. The minimum atomic E-state index is -4.80. The zero-order valence-corrected chi connectivity index (χ0v) is 12.5. The molecule has 2 aromatic heterocycles. The minimum absolute atomic E-state index is 0.0491. The summed E-state index contributed by atoms with van der Waals surface area (Å²) in [5, 5.41) is 33.3. The number of alkyl halides is 3. The van der Waals surface area contributed by atoms with E-state index < -0.39 is 22.5 Å². The van der Waals surface area contributed by atoms with Gasteiger partial charge in [0.15, 0.2) is 6.20 Å². The van der Waals surface area contributed by atoms with Gasteiger partial charge in [-0.25, -0.2) is 0 Å². The minimum Gasteiger partial charge on any atom is -0.618 e. The molecule has 2 aromatic rings. The van der Waals surface area contributed by atoms with E-state index in [2.05, 4.69) is 0 Å². The second kappa shape index (κ2) is 6.50. The first-order chi connectivity index (χ1) is 10.7. The second-order valence-electron chi connectivity index (χ2n) is 4.05. The van der Waals surface area contributed by atoms with Crippen molar-refractivity contribution in [3.05, 3.63) is 62.9 Å². The molecule has 7 nitrogen and oxygen atoms in total. The summed E-state index contributed by atoms with van der Waals surface area (Å²) in [4.78, 5) is 9.87. The van der Waals surface area contributed by atoms with Gasteiger partial charge in [-0.15, -0.1) is 0 Å². The van der Waals surface area contributed by atoms with Crippen LogP contribution in [-0.4, -0.2) is 4.92 Å². The first-order valence-corrected chi connectivity index (χ1v) is 7.86. The summed E-state index contributed by atoms with van der Waals surface area (Å²) in [7, 11) is 1.63. The van der Waals surface area contributed by atoms with Crippen molar-refractivity contribution in [3.8, 4) is 0 Å². The fourth-order valence-electron chi connectivity index (χ4n) is 1.45. The van der Waals surface area contributed by atoms with Crippen LogP contribution in [0, 0.1) is 20.5 Å². The van der Waals surface area contributed by atoms with E-state index in [-0.39, 0.29) is 19.4 Å². The van der Waals surface area contributed by atoms with Gasteiger partial charge < -0.3 is 10.4 Å². The van der Waals surface area contributed by atoms with E-state index in [9.17, 15) is 33.7 Å². The predicted octanol–water partition coefficient (Wildman–Crippen LogP) is 2.68. The molecule has 0 saturated carbocycles. The molecule has 2 heterocycles. The number of hydrogen-bond donors (Lipinski definition) is 0. The molecule has 0 bridgehead atoms. The molecule has 12 heteroatoms. The van der Waals surface area contributed by atoms with Crippen molar-refractivity contribution in [1.82, 2.24) is 0 Å². The lowest BCUT2D eigenvalue weighted by molar-refractivity contribution is -0.648. The number of hydrogen-bond acceptors (Lipinski definition) is 6. The van der Waals surface area contributed by atoms with E-state index in [1.54, 1.807) is 0 Å². The van der Waals surface area contributed by atoms with Crippen LogP contribution in [0.3, 0.4) is 0 Å². The molecular formula is C11H6F3N3O4S2. The van der Waals surface area contributed by atoms with Crippen LogP contribution in [0.5, 0.6) is 0 Å². The van der Waals surface area contributed by atoms with Gasteiger partial charge in [0.2, 0.25) is 0 Å². The molecule has 0 N–H and O–H groups in total. The van der Waals surface area contributed by atoms with Gasteiger partial charge in [0.25, 0.3) is 16.9 Å². The molecular weight excluding hydrogens is 359 g/mol. The highest BCUT2D eigenvalue weighted by molar-refractivity contribution is 8.76. The van der Waals surface area contributed by atoms with Gasteiger partial charge >= 0.3 is 11.9 Å². The smallest absolute Gasteiger partial charge is 0.478 e. The molecule has 0 radical (unpaired) electrons. The predicted molar refractivity (Wildman–Crippen MR) is 74.2 cm³/mol. The quantitative estimate of drug-likeness (QED) is 0.272. The highest BCUT2D eigenvalue weighted by Gasteiger charge is 2.40. The van der Waals surface area contributed by atoms with Crippen LogP contribution >= 0.6 is 21.6 Å². The normalized spacial score (nSPS) is 11.4. The van der Waals surface area contributed by atoms with Crippen molar-refractivity contribution in [2.45, 2.75) is 16.1 Å². The number of pyridine rings is 2. The summed E-state index contributed by atoms with van der Waals surface area (Å²) < 4.78 is 37.8. The third-order valence-corrected chi connectivity index (χ3v) is 4.83. The van der Waals surface area contributed by atoms with Crippen LogP contribution in [0.25, 0.3) is 0 Å². The van der Waals surface area contributed by atoms with E-state index in [0.717, 1.165) is 33.9 Å². The van der Waals surface area contributed by atoms with E-state index in [4.69, 9.17) is 0 Å². The summed E-state index contributed by atoms with van der Waals surface area (Å²) in [6, 6.07) is 4.12. The average molecular weight is 365 g/mol. The van der Waals surface area contributed by atoms with Gasteiger partial charge in [0.1, 0.15) is 0 Å². The van der Waals surface area contributed by atoms with Crippen molar-refractivity contribution < 1.29 is 27.6 Å². The maximum absolute atomic E-state index is 12.6. The SMILES string of the molecule is O=[N+]([O-])c1ccc(SSc2cc[n+]([O-])c(C(F)(F)F)c2)[n+]([O-])c1. The Balaban J connectivity index is 2.17. The fourth-order valence-corrected chi connectivity index (χ4v) is 3.40. The van der Waals surface area contributed by atoms with Gasteiger partial charge in [-0.3, -0.25) is 10.1 Å². The summed E-state index contributed by atoms with van der Waals surface area (Å²) in [6.45, 7) is 0. The molecule has 0 aromatic carbocycles. The molecule has 2 rings (SSSR count). The van der Waals surface area contributed by atoms with E-state index in [1.165, 1.54) is 12.1 Å². The highest BCUT2D eigenvalue weighted by Crippen LogP contribution is 2.37. The topological polar surface area (TPSA) is 97.0 Å². The van der Waals surface area contributed by atoms with Crippen LogP contribution < -0.4 is 9.46 Å². The maximum atomic E-state index is 12.6. The van der Waals surface area contributed by atoms with Crippen molar-refractivity contribution in [3.63, 3.8) is 0 Å². The van der Waals surface area contributed by atoms with Crippen LogP contribution in [0.4, 0.5) is 18.9 Å². The summed E-state index contributed by atoms with van der Waals surface area (Å²) in [6.07, 6.45) is -3.33. The Kier molecular flexibility index (Phi) is 4.85. The molecule has 0 amide bonds. The lowest BCUT2D eigenvalue weighted by Gasteiger charge is -2.08. The van der Waals surface area contributed by atoms with E-state index in [0.29, 0.717) is 12.3 Å². The summed E-state index contributed by atoms with van der Waals surface area (Å²) in [5.41, 5.74) is -1.78. The van der Waals surface area contributed by atoms with Crippen LogP contribution in [0.2, 0.25) is 0 Å². The Morgan fingerprint density at radius 1 is 1.09 bits per heavy atom. The largest absolute Gasteiger partial charge is 0.618 e. The highest BCUT2D eigenvalue weighted by atomic mass is 33.1. The number of halogens is 3. The first kappa shape index (κ1) is 17.1. The molecule has 0 fully saturated rings. The third-order valence-electron chi connectivity index (χ3n) is 2.48. The van der Waals surface area contributed by atoms with Crippen LogP contribution in [0.15, 0.2) is 46.6 Å². The van der Waals surface area contributed by atoms with Gasteiger partial charge in [-0.1, -0.05) is 0 Å². The summed E-state index contributed by atoms with van der Waals surface area (Å²) >= 11 is 0. The van der Waals surface area contributed by atoms with Gasteiger partial charge in [-0.05, 0) is 10.8 Å². The van der Waals surface area contributed by atoms with Gasteiger partial charge in [0.05, 0.1) is 4.92 Å². The molecule has 0 spiro atoms. The lowest BCUT2D eigenvalue weighted by atomic mass is 10.3. The third kappa shape index (κ3) is 4.16. The molecule has 0 atom stereocenters. The molecule has 23 heavy (non-hydrogen) atoms. The molecule has 122 valence electrons. The monoisotopic (exact) mass is 365 g/mol. The van der Waals surface area contributed by atoms with Crippen molar-refractivity contribution >= 4 is 27.3 Å². The zero-order chi connectivity index (χ0) is 17.2. The molecule has 0 aliphatic carbocycles. The number of nitro groups is 1. The van der Waals surface area contributed by atoms with Crippen molar-refractivity contribution in [2.75, 3.05) is 0 Å². The van der Waals surface area contributed by atoms with Crippen LogP contribution in [-0.2, 0) is 6.18 Å². The molecule has 0 saturated heterocycles. The molecule has 0 aliphatic rings. The number of aromatic nitrogens is 2. The average Bonchev–Trinajstić information content (AvgIpc) is 2.46. The summed E-state index contributed by atoms with van der Waals surface area (Å²) in [5.74, 6) is 0. The molecule has 0 aliphatic heterocycles. The Hall–Kier alpha value is -2.21. The number of nitrogens with zero attached hydrogens (tertiary/aromatic N) is 3. The van der Waals surface area contributed by atoms with Gasteiger partial charge in [0, 0.05) is 40.0 Å². The second-order valence-corrected chi connectivity index (χ2v) is 6.27. The zero-order valence-electron chi connectivity index (χ0n) is 10.9. The van der Waals surface area contributed by atoms with E-state index in [1.807, 2.05) is 0 Å². The molecule has 0 unspecified atom stereocenters. The van der Waals surface area contributed by atoms with Crippen molar-refractivity contribution in [1.29, 1.82) is 0 Å². The number of rotatable bonds is 4.